The summed E-state index contributed by atoms with van der Waals surface area (Å²) in [7, 11) is 0. The first-order valence-corrected chi connectivity index (χ1v) is 3.82. The number of rotatable bonds is 1. The second kappa shape index (κ2) is 2.56. The van der Waals surface area contributed by atoms with E-state index >= 15 is 0 Å². The van der Waals surface area contributed by atoms with E-state index in [1.54, 1.807) is 5.32 Å². The van der Waals surface area contributed by atoms with Gasteiger partial charge in [0.2, 0.25) is 6.17 Å². The molecule has 0 radical (unpaired) electrons. The minimum Gasteiger partial charge on any atom is -0.309 e. The number of carbonyl (C=O) groups excluding carboxylic acids is 3. The molecule has 2 atom stereocenters. The number of imide groups is 1. The predicted octanol–water partition coefficient (Wildman–Crippen LogP) is -2.56. The fourth-order valence-electron chi connectivity index (χ4n) is 1.44. The minimum absolute atomic E-state index is 0.894. The van der Waals surface area contributed by atoms with E-state index in [-0.39, 0.29) is 0 Å². The highest BCUT2D eigenvalue weighted by Gasteiger charge is 2.67. The van der Waals surface area contributed by atoms with Gasteiger partial charge >= 0.3 is 23.6 Å². The van der Waals surface area contributed by atoms with E-state index in [2.05, 4.69) is 10.6 Å². The van der Waals surface area contributed by atoms with Crippen molar-refractivity contribution in [3.63, 3.8) is 0 Å². The van der Waals surface area contributed by atoms with Gasteiger partial charge in [-0.2, -0.15) is 0 Å². The summed E-state index contributed by atoms with van der Waals surface area (Å²) >= 11 is 0. The highest BCUT2D eigenvalue weighted by atomic mass is 16.6. The van der Waals surface area contributed by atoms with Crippen LogP contribution >= 0.6 is 0 Å². The molecule has 0 aromatic rings. The number of hydrogen-bond acceptors (Lipinski definition) is 5. The molecular weight excluding hydrogens is 210 g/mol. The van der Waals surface area contributed by atoms with Crippen molar-refractivity contribution in [3.8, 4) is 0 Å². The van der Waals surface area contributed by atoms with Crippen molar-refractivity contribution in [1.82, 2.24) is 21.3 Å². The van der Waals surface area contributed by atoms with Gasteiger partial charge in [-0.05, 0) is 0 Å². The van der Waals surface area contributed by atoms with Crippen LogP contribution in [-0.4, -0.2) is 34.7 Å². The molecule has 0 spiro atoms. The number of nitro groups is 1. The lowest BCUT2D eigenvalue weighted by Gasteiger charge is -2.28. The molecule has 0 saturated carbocycles. The van der Waals surface area contributed by atoms with Crippen molar-refractivity contribution in [2.24, 2.45) is 0 Å². The van der Waals surface area contributed by atoms with Crippen LogP contribution < -0.4 is 21.3 Å². The highest BCUT2D eigenvalue weighted by Crippen LogP contribution is 2.18. The minimum atomic E-state index is -2.37. The van der Waals surface area contributed by atoms with Crippen LogP contribution in [-0.2, 0) is 4.79 Å². The van der Waals surface area contributed by atoms with Crippen LogP contribution in [0, 0.1) is 10.1 Å². The van der Waals surface area contributed by atoms with Crippen LogP contribution in [0.2, 0.25) is 0 Å². The molecule has 5 amide bonds. The Bertz CT molecular complexity index is 393. The van der Waals surface area contributed by atoms with Crippen LogP contribution in [0.3, 0.4) is 0 Å². The molecule has 2 aliphatic rings. The summed E-state index contributed by atoms with van der Waals surface area (Å²) in [5.74, 6) is -1.18. The highest BCUT2D eigenvalue weighted by molar-refractivity contribution is 6.05. The van der Waals surface area contributed by atoms with Gasteiger partial charge in [-0.25, -0.2) is 9.59 Å². The second-order valence-electron chi connectivity index (χ2n) is 2.98. The largest absolute Gasteiger partial charge is 0.414 e. The van der Waals surface area contributed by atoms with Gasteiger partial charge in [0.05, 0.1) is 4.92 Å². The van der Waals surface area contributed by atoms with Gasteiger partial charge < -0.3 is 10.6 Å². The number of carbonyl (C=O) groups is 3. The van der Waals surface area contributed by atoms with Crippen LogP contribution in [0.25, 0.3) is 0 Å². The van der Waals surface area contributed by atoms with E-state index < -0.39 is 34.7 Å². The molecule has 0 aromatic heterocycles. The van der Waals surface area contributed by atoms with Gasteiger partial charge in [-0.15, -0.1) is 0 Å². The van der Waals surface area contributed by atoms with Crippen molar-refractivity contribution < 1.29 is 19.3 Å². The molecule has 2 aliphatic heterocycles. The average molecular weight is 215 g/mol. The normalized spacial score (nSPS) is 33.3. The Hall–Kier alpha value is -2.39. The van der Waals surface area contributed by atoms with Crippen LogP contribution in [0.4, 0.5) is 9.59 Å². The van der Waals surface area contributed by atoms with Crippen LogP contribution in [0.5, 0.6) is 0 Å². The summed E-state index contributed by atoms with van der Waals surface area (Å²) in [6.45, 7) is 0. The Labute approximate surface area is 81.5 Å². The standard InChI is InChI=1S/C5H5N5O5/c11-2-5(10(14)15)1(6-3(12)8-2)7-4(13)9-5/h1H,(H2,7,9,13)(H2,6,8,11,12). The van der Waals surface area contributed by atoms with Crippen molar-refractivity contribution in [1.29, 1.82) is 0 Å². The lowest BCUT2D eigenvalue weighted by molar-refractivity contribution is -0.560. The molecule has 15 heavy (non-hydrogen) atoms. The van der Waals surface area contributed by atoms with E-state index in [9.17, 15) is 24.5 Å². The number of urea groups is 2. The SMILES string of the molecule is O=C1NC(=O)C2([N+](=O)[O-])NC(=O)NC2N1. The molecule has 0 aliphatic carbocycles. The Morgan fingerprint density at radius 2 is 1.80 bits per heavy atom. The number of amides is 5. The van der Waals surface area contributed by atoms with Crippen molar-refractivity contribution in [2.75, 3.05) is 0 Å². The van der Waals surface area contributed by atoms with Gasteiger partial charge in [0, 0.05) is 0 Å². The molecule has 10 heteroatoms. The molecule has 0 aromatic carbocycles. The monoisotopic (exact) mass is 215 g/mol. The quantitative estimate of drug-likeness (QED) is 0.281. The first-order valence-electron chi connectivity index (χ1n) is 3.82. The van der Waals surface area contributed by atoms with Gasteiger partial charge in [-0.3, -0.25) is 25.5 Å². The maximum Gasteiger partial charge on any atom is 0.414 e. The molecule has 2 rings (SSSR count). The zero-order valence-corrected chi connectivity index (χ0v) is 7.07. The van der Waals surface area contributed by atoms with E-state index in [4.69, 9.17) is 0 Å². The molecular formula is C5H5N5O5. The molecule has 10 nitrogen and oxygen atoms in total. The van der Waals surface area contributed by atoms with Crippen molar-refractivity contribution in [2.45, 2.75) is 11.8 Å². The van der Waals surface area contributed by atoms with Crippen molar-refractivity contribution >= 4 is 18.0 Å². The third kappa shape index (κ3) is 1.01. The van der Waals surface area contributed by atoms with E-state index in [0.29, 0.717) is 0 Å². The summed E-state index contributed by atoms with van der Waals surface area (Å²) < 4.78 is 0. The Balaban J connectivity index is 2.46. The lowest BCUT2D eigenvalue weighted by Crippen LogP contribution is -2.75. The maximum absolute atomic E-state index is 11.3. The molecule has 2 fully saturated rings. The van der Waals surface area contributed by atoms with E-state index in [0.717, 1.165) is 0 Å². The fraction of sp³-hybridized carbons (Fsp3) is 0.400. The zero-order chi connectivity index (χ0) is 11.2. The smallest absolute Gasteiger partial charge is 0.309 e. The number of hydrogen-bond donors (Lipinski definition) is 4. The zero-order valence-electron chi connectivity index (χ0n) is 7.07. The predicted molar refractivity (Wildman–Crippen MR) is 41.9 cm³/mol. The summed E-state index contributed by atoms with van der Waals surface area (Å²) in [6, 6.07) is -1.79. The van der Waals surface area contributed by atoms with Crippen LogP contribution in [0.1, 0.15) is 0 Å². The summed E-state index contributed by atoms with van der Waals surface area (Å²) in [4.78, 5) is 42.9. The van der Waals surface area contributed by atoms with Gasteiger partial charge in [-0.1, -0.05) is 0 Å². The number of nitrogens with zero attached hydrogens (tertiary/aromatic N) is 1. The van der Waals surface area contributed by atoms with Gasteiger partial charge in [0.15, 0.2) is 0 Å². The molecule has 80 valence electrons. The van der Waals surface area contributed by atoms with Crippen LogP contribution in [0.15, 0.2) is 0 Å². The molecule has 4 N–H and O–H groups in total. The maximum atomic E-state index is 11.3. The summed E-state index contributed by atoms with van der Waals surface area (Å²) in [6.07, 6.45) is -1.39. The summed E-state index contributed by atoms with van der Waals surface area (Å²) in [5, 5.41) is 18.4. The van der Waals surface area contributed by atoms with E-state index in [1.807, 2.05) is 5.32 Å². The molecule has 0 bridgehead atoms. The summed E-state index contributed by atoms with van der Waals surface area (Å²) in [5.41, 5.74) is -2.37. The average Bonchev–Trinajstić information content (AvgIpc) is 2.42. The topological polar surface area (TPSA) is 142 Å². The number of nitrogens with one attached hydrogen (secondary N) is 4. The Morgan fingerprint density at radius 3 is 2.40 bits per heavy atom. The van der Waals surface area contributed by atoms with Gasteiger partial charge in [0.1, 0.15) is 0 Å². The number of fused-ring (bicyclic) bond motifs is 1. The van der Waals surface area contributed by atoms with E-state index in [1.165, 1.54) is 0 Å². The molecule has 2 unspecified atom stereocenters. The first-order chi connectivity index (χ1) is 6.96. The third-order valence-electron chi connectivity index (χ3n) is 2.13. The van der Waals surface area contributed by atoms with Gasteiger partial charge in [0.25, 0.3) is 0 Å². The molecule has 2 saturated heterocycles. The third-order valence-corrected chi connectivity index (χ3v) is 2.13. The molecule has 2 heterocycles. The Morgan fingerprint density at radius 1 is 1.20 bits per heavy atom. The van der Waals surface area contributed by atoms with Crippen molar-refractivity contribution in [3.05, 3.63) is 10.1 Å². The lowest BCUT2D eigenvalue weighted by atomic mass is 10.1. The second-order valence-corrected chi connectivity index (χ2v) is 2.98. The fourth-order valence-corrected chi connectivity index (χ4v) is 1.44. The first kappa shape index (κ1) is 9.18. The Kier molecular flexibility index (Phi) is 1.56.